The molecule has 0 rings (SSSR count). The van der Waals surface area contributed by atoms with Crippen molar-refractivity contribution in [1.29, 1.82) is 0 Å². The molecule has 0 unspecified atom stereocenters. The SMILES string of the molecule is C=CC.C=CC(=O)OC. The van der Waals surface area contributed by atoms with Crippen LogP contribution in [0.1, 0.15) is 6.92 Å². The van der Waals surface area contributed by atoms with E-state index in [1.54, 1.807) is 6.08 Å². The number of esters is 1. The monoisotopic (exact) mass is 128 g/mol. The Kier molecular flexibility index (Phi) is 12.1. The van der Waals surface area contributed by atoms with Crippen LogP contribution in [0.3, 0.4) is 0 Å². The first-order valence-corrected chi connectivity index (χ1v) is 2.50. The summed E-state index contributed by atoms with van der Waals surface area (Å²) in [5.41, 5.74) is 0. The van der Waals surface area contributed by atoms with Crippen LogP contribution in [-0.4, -0.2) is 13.1 Å². The molecule has 0 heterocycles. The van der Waals surface area contributed by atoms with Gasteiger partial charge in [-0.25, -0.2) is 4.79 Å². The molecule has 0 amide bonds. The Morgan fingerprint density at radius 1 is 1.56 bits per heavy atom. The molecule has 0 spiro atoms. The molecule has 9 heavy (non-hydrogen) atoms. The number of carbonyl (C=O) groups excluding carboxylic acids is 1. The molecule has 0 radical (unpaired) electrons. The Labute approximate surface area is 55.8 Å². The molecule has 52 valence electrons. The standard InChI is InChI=1S/C4H6O2.C3H6/c1-3-4(5)6-2;1-3-2/h3H,1H2,2H3;3H,1H2,2H3. The number of carbonyl (C=O) groups is 1. The van der Waals surface area contributed by atoms with E-state index >= 15 is 0 Å². The maximum atomic E-state index is 9.84. The van der Waals surface area contributed by atoms with Gasteiger partial charge in [0.25, 0.3) is 0 Å². The third kappa shape index (κ3) is 19.6. The molecule has 0 saturated heterocycles. The van der Waals surface area contributed by atoms with Gasteiger partial charge in [-0.05, 0) is 6.92 Å². The van der Waals surface area contributed by atoms with Crippen LogP contribution >= 0.6 is 0 Å². The molecular weight excluding hydrogens is 116 g/mol. The highest BCUT2D eigenvalue weighted by Gasteiger charge is 1.81. The van der Waals surface area contributed by atoms with Gasteiger partial charge in [-0.2, -0.15) is 0 Å². The summed E-state index contributed by atoms with van der Waals surface area (Å²) in [6.45, 7) is 8.41. The lowest BCUT2D eigenvalue weighted by molar-refractivity contribution is -0.134. The summed E-state index contributed by atoms with van der Waals surface area (Å²) in [6, 6.07) is 0. The molecule has 2 heteroatoms. The van der Waals surface area contributed by atoms with Gasteiger partial charge in [-0.15, -0.1) is 6.58 Å². The molecule has 0 N–H and O–H groups in total. The second kappa shape index (κ2) is 10.0. The normalized spacial score (nSPS) is 6.00. The maximum absolute atomic E-state index is 9.84. The van der Waals surface area contributed by atoms with Crippen molar-refractivity contribution in [3.8, 4) is 0 Å². The van der Waals surface area contributed by atoms with E-state index < -0.39 is 5.97 Å². The highest BCUT2D eigenvalue weighted by atomic mass is 16.5. The highest BCUT2D eigenvalue weighted by molar-refractivity contribution is 5.80. The van der Waals surface area contributed by atoms with Gasteiger partial charge in [0, 0.05) is 6.08 Å². The van der Waals surface area contributed by atoms with Crippen LogP contribution in [0.5, 0.6) is 0 Å². The zero-order valence-electron chi connectivity index (χ0n) is 5.89. The fraction of sp³-hybridized carbons (Fsp3) is 0.286. The summed E-state index contributed by atoms with van der Waals surface area (Å²) < 4.78 is 4.14. The Morgan fingerprint density at radius 2 is 1.89 bits per heavy atom. The van der Waals surface area contributed by atoms with Crippen molar-refractivity contribution < 1.29 is 9.53 Å². The molecule has 0 aromatic rings. The smallest absolute Gasteiger partial charge is 0.329 e. The number of ether oxygens (including phenoxy) is 1. The van der Waals surface area contributed by atoms with E-state index in [4.69, 9.17) is 0 Å². The molecule has 0 aliphatic carbocycles. The number of rotatable bonds is 1. The topological polar surface area (TPSA) is 26.3 Å². The number of hydrogen-bond donors (Lipinski definition) is 0. The largest absolute Gasteiger partial charge is 0.466 e. The lowest BCUT2D eigenvalue weighted by Gasteiger charge is -1.83. The highest BCUT2D eigenvalue weighted by Crippen LogP contribution is 1.67. The summed E-state index contributed by atoms with van der Waals surface area (Å²) in [5.74, 6) is -0.394. The summed E-state index contributed by atoms with van der Waals surface area (Å²) in [4.78, 5) is 9.84. The minimum atomic E-state index is -0.394. The lowest BCUT2D eigenvalue weighted by Crippen LogP contribution is -1.91. The molecule has 0 fully saturated rings. The Balaban J connectivity index is 0. The van der Waals surface area contributed by atoms with Crippen LogP contribution in [-0.2, 0) is 9.53 Å². The molecule has 0 saturated carbocycles. The minimum Gasteiger partial charge on any atom is -0.466 e. The molecule has 0 aromatic carbocycles. The summed E-state index contributed by atoms with van der Waals surface area (Å²) in [7, 11) is 1.31. The first-order valence-electron chi connectivity index (χ1n) is 2.50. The molecule has 0 aliphatic rings. The van der Waals surface area contributed by atoms with E-state index in [0.717, 1.165) is 6.08 Å². The van der Waals surface area contributed by atoms with Crippen molar-refractivity contribution in [3.05, 3.63) is 25.3 Å². The van der Waals surface area contributed by atoms with Gasteiger partial charge in [-0.3, -0.25) is 0 Å². The van der Waals surface area contributed by atoms with E-state index in [1.807, 2.05) is 6.92 Å². The van der Waals surface area contributed by atoms with Gasteiger partial charge in [0.1, 0.15) is 0 Å². The van der Waals surface area contributed by atoms with E-state index in [2.05, 4.69) is 17.9 Å². The van der Waals surface area contributed by atoms with Gasteiger partial charge in [0.05, 0.1) is 7.11 Å². The second-order valence-electron chi connectivity index (χ2n) is 1.14. The predicted octanol–water partition coefficient (Wildman–Crippen LogP) is 1.54. The van der Waals surface area contributed by atoms with Crippen molar-refractivity contribution in [3.63, 3.8) is 0 Å². The van der Waals surface area contributed by atoms with Crippen molar-refractivity contribution >= 4 is 5.97 Å². The van der Waals surface area contributed by atoms with E-state index in [-0.39, 0.29) is 0 Å². The fourth-order valence-corrected chi connectivity index (χ4v) is 0.0833. The van der Waals surface area contributed by atoms with Crippen molar-refractivity contribution in [2.75, 3.05) is 7.11 Å². The molecule has 0 aromatic heterocycles. The summed E-state index contributed by atoms with van der Waals surface area (Å²) in [5, 5.41) is 0. The Bertz CT molecular complexity index is 95.1. The fourth-order valence-electron chi connectivity index (χ4n) is 0.0833. The van der Waals surface area contributed by atoms with Crippen LogP contribution in [0.25, 0.3) is 0 Å². The minimum absolute atomic E-state index is 0.394. The number of methoxy groups -OCH3 is 1. The maximum Gasteiger partial charge on any atom is 0.329 e. The van der Waals surface area contributed by atoms with E-state index in [1.165, 1.54) is 7.11 Å². The van der Waals surface area contributed by atoms with Crippen LogP contribution in [0.2, 0.25) is 0 Å². The van der Waals surface area contributed by atoms with Crippen molar-refractivity contribution in [2.24, 2.45) is 0 Å². The number of allylic oxidation sites excluding steroid dienone is 1. The lowest BCUT2D eigenvalue weighted by atomic mass is 10.7. The third-order valence-electron chi connectivity index (χ3n) is 0.368. The Hall–Kier alpha value is -1.05. The predicted molar refractivity (Wildman–Crippen MR) is 38.1 cm³/mol. The van der Waals surface area contributed by atoms with Gasteiger partial charge in [-0.1, -0.05) is 12.7 Å². The summed E-state index contributed by atoms with van der Waals surface area (Å²) >= 11 is 0. The van der Waals surface area contributed by atoms with E-state index in [0.29, 0.717) is 0 Å². The molecule has 2 nitrogen and oxygen atoms in total. The van der Waals surface area contributed by atoms with Crippen LogP contribution in [0.4, 0.5) is 0 Å². The zero-order chi connectivity index (χ0) is 7.70. The molecule has 0 aliphatic heterocycles. The van der Waals surface area contributed by atoms with Crippen LogP contribution in [0, 0.1) is 0 Å². The van der Waals surface area contributed by atoms with Crippen LogP contribution < -0.4 is 0 Å². The molecule has 0 atom stereocenters. The number of hydrogen-bond acceptors (Lipinski definition) is 2. The summed E-state index contributed by atoms with van der Waals surface area (Å²) in [6.07, 6.45) is 2.86. The van der Waals surface area contributed by atoms with Crippen molar-refractivity contribution in [1.82, 2.24) is 0 Å². The molecular formula is C7H12O2. The average molecular weight is 128 g/mol. The van der Waals surface area contributed by atoms with E-state index in [9.17, 15) is 4.79 Å². The quantitative estimate of drug-likeness (QED) is 0.304. The average Bonchev–Trinajstić information content (AvgIpc) is 1.88. The zero-order valence-corrected chi connectivity index (χ0v) is 5.89. The van der Waals surface area contributed by atoms with Gasteiger partial charge in [0.2, 0.25) is 0 Å². The Morgan fingerprint density at radius 3 is 1.89 bits per heavy atom. The van der Waals surface area contributed by atoms with Gasteiger partial charge >= 0.3 is 5.97 Å². The van der Waals surface area contributed by atoms with Gasteiger partial charge < -0.3 is 4.74 Å². The van der Waals surface area contributed by atoms with Crippen LogP contribution in [0.15, 0.2) is 25.3 Å². The molecule has 0 bridgehead atoms. The first kappa shape index (κ1) is 10.8. The second-order valence-corrected chi connectivity index (χ2v) is 1.14. The van der Waals surface area contributed by atoms with Gasteiger partial charge in [0.15, 0.2) is 0 Å². The third-order valence-corrected chi connectivity index (χ3v) is 0.368. The first-order chi connectivity index (χ1) is 4.22. The van der Waals surface area contributed by atoms with Crippen molar-refractivity contribution in [2.45, 2.75) is 6.92 Å².